The molecular weight excluding hydrogens is 399 g/mol. The number of carbonyl (C=O) groups is 2. The molecule has 0 aliphatic heterocycles. The molecule has 0 spiro atoms. The van der Waals surface area contributed by atoms with E-state index in [4.69, 9.17) is 9.47 Å². The van der Waals surface area contributed by atoms with E-state index in [-0.39, 0.29) is 30.6 Å². The van der Waals surface area contributed by atoms with Crippen LogP contribution in [0.3, 0.4) is 0 Å². The molecule has 0 aliphatic carbocycles. The summed E-state index contributed by atoms with van der Waals surface area (Å²) in [5.74, 6) is 0.331. The minimum absolute atomic E-state index is 0.0914. The number of ether oxygens (including phenoxy) is 2. The first-order valence-corrected chi connectivity index (χ1v) is 10.4. The number of rotatable bonds is 11. The molecule has 2 rings (SSSR count). The zero-order chi connectivity index (χ0) is 22.8. The zero-order valence-electron chi connectivity index (χ0n) is 18.6. The third kappa shape index (κ3) is 6.98. The number of amides is 2. The van der Waals surface area contributed by atoms with Gasteiger partial charge >= 0.3 is 0 Å². The summed E-state index contributed by atoms with van der Waals surface area (Å²) >= 11 is 0. The number of hydrogen-bond donors (Lipinski definition) is 1. The first-order chi connectivity index (χ1) is 14.9. The van der Waals surface area contributed by atoms with Crippen molar-refractivity contribution in [2.24, 2.45) is 0 Å². The molecule has 1 N–H and O–H groups in total. The number of hydrogen-bond acceptors (Lipinski definition) is 4. The van der Waals surface area contributed by atoms with Crippen LogP contribution in [0, 0.1) is 5.82 Å². The Hall–Kier alpha value is -3.09. The van der Waals surface area contributed by atoms with Gasteiger partial charge in [-0.3, -0.25) is 9.59 Å². The predicted octanol–water partition coefficient (Wildman–Crippen LogP) is 3.72. The number of unbranched alkanes of at least 4 members (excludes halogenated alkanes) is 1. The maximum Gasteiger partial charge on any atom is 0.242 e. The second-order valence-corrected chi connectivity index (χ2v) is 7.33. The Morgan fingerprint density at radius 1 is 1.03 bits per heavy atom. The van der Waals surface area contributed by atoms with Crippen molar-refractivity contribution < 1.29 is 23.5 Å². The molecule has 0 aliphatic rings. The molecule has 0 radical (unpaired) electrons. The summed E-state index contributed by atoms with van der Waals surface area (Å²) in [6.07, 6.45) is 1.93. The van der Waals surface area contributed by atoms with Gasteiger partial charge in [-0.2, -0.15) is 0 Å². The lowest BCUT2D eigenvalue weighted by molar-refractivity contribution is -0.140. The van der Waals surface area contributed by atoms with E-state index in [1.54, 1.807) is 44.4 Å². The molecule has 0 fully saturated rings. The van der Waals surface area contributed by atoms with Crippen LogP contribution in [0.1, 0.15) is 37.8 Å². The zero-order valence-corrected chi connectivity index (χ0v) is 18.6. The van der Waals surface area contributed by atoms with Crippen molar-refractivity contribution in [3.8, 4) is 11.5 Å². The van der Waals surface area contributed by atoms with Gasteiger partial charge in [0.15, 0.2) is 11.5 Å². The van der Waals surface area contributed by atoms with E-state index in [9.17, 15) is 14.0 Å². The summed E-state index contributed by atoms with van der Waals surface area (Å²) in [5, 5.41) is 2.88. The van der Waals surface area contributed by atoms with Gasteiger partial charge in [0.25, 0.3) is 0 Å². The monoisotopic (exact) mass is 430 g/mol. The molecule has 2 amide bonds. The highest BCUT2D eigenvalue weighted by Gasteiger charge is 2.26. The number of halogens is 1. The molecule has 0 heterocycles. The third-order valence-electron chi connectivity index (χ3n) is 5.07. The van der Waals surface area contributed by atoms with Gasteiger partial charge < -0.3 is 19.7 Å². The Balaban J connectivity index is 2.22. The molecule has 0 saturated carbocycles. The van der Waals surface area contributed by atoms with Crippen LogP contribution >= 0.6 is 0 Å². The number of nitrogens with zero attached hydrogens (tertiary/aromatic N) is 1. The highest BCUT2D eigenvalue weighted by atomic mass is 19.1. The maximum atomic E-state index is 13.3. The Kier molecular flexibility index (Phi) is 9.31. The van der Waals surface area contributed by atoms with Crippen molar-refractivity contribution in [1.82, 2.24) is 10.2 Å². The van der Waals surface area contributed by atoms with Crippen molar-refractivity contribution in [3.63, 3.8) is 0 Å². The van der Waals surface area contributed by atoms with Crippen LogP contribution in [0.2, 0.25) is 0 Å². The van der Waals surface area contributed by atoms with Gasteiger partial charge in [-0.25, -0.2) is 4.39 Å². The quantitative estimate of drug-likeness (QED) is 0.552. The van der Waals surface area contributed by atoms with Crippen LogP contribution in [0.15, 0.2) is 42.5 Å². The molecule has 0 unspecified atom stereocenters. The van der Waals surface area contributed by atoms with E-state index < -0.39 is 6.04 Å². The number of carbonyl (C=O) groups excluding carboxylic acids is 2. The highest BCUT2D eigenvalue weighted by Crippen LogP contribution is 2.28. The summed E-state index contributed by atoms with van der Waals surface area (Å²) in [6.45, 7) is 4.52. The summed E-state index contributed by atoms with van der Waals surface area (Å²) in [4.78, 5) is 27.4. The van der Waals surface area contributed by atoms with Crippen LogP contribution < -0.4 is 14.8 Å². The Morgan fingerprint density at radius 3 is 2.29 bits per heavy atom. The van der Waals surface area contributed by atoms with E-state index >= 15 is 0 Å². The standard InChI is InChI=1S/C24H31FN2O4/c1-5-6-13-26-24(29)17(2)27(16-18-7-10-20(25)11-8-18)23(28)15-19-9-12-21(30-3)22(14-19)31-4/h7-12,14,17H,5-6,13,15-16H2,1-4H3,(H,26,29)/t17-/m1/s1. The molecule has 2 aromatic rings. The van der Waals surface area contributed by atoms with Gasteiger partial charge in [0.1, 0.15) is 11.9 Å². The first-order valence-electron chi connectivity index (χ1n) is 10.4. The van der Waals surface area contributed by atoms with Crippen LogP contribution in [0.5, 0.6) is 11.5 Å². The molecule has 31 heavy (non-hydrogen) atoms. The minimum Gasteiger partial charge on any atom is -0.493 e. The van der Waals surface area contributed by atoms with Gasteiger partial charge in [-0.15, -0.1) is 0 Å². The summed E-state index contributed by atoms with van der Waals surface area (Å²) in [5.41, 5.74) is 1.49. The lowest BCUT2D eigenvalue weighted by Crippen LogP contribution is -2.48. The van der Waals surface area contributed by atoms with Gasteiger partial charge in [0.05, 0.1) is 20.6 Å². The second kappa shape index (κ2) is 11.9. The summed E-state index contributed by atoms with van der Waals surface area (Å²) in [7, 11) is 3.08. The molecule has 7 heteroatoms. The molecule has 6 nitrogen and oxygen atoms in total. The van der Waals surface area contributed by atoms with E-state index in [0.29, 0.717) is 18.0 Å². The second-order valence-electron chi connectivity index (χ2n) is 7.33. The number of nitrogens with one attached hydrogen (secondary N) is 1. The minimum atomic E-state index is -0.672. The Bertz CT molecular complexity index is 870. The largest absolute Gasteiger partial charge is 0.493 e. The van der Waals surface area contributed by atoms with Gasteiger partial charge in [0.2, 0.25) is 11.8 Å². The summed E-state index contributed by atoms with van der Waals surface area (Å²) in [6, 6.07) is 10.5. The molecule has 0 aromatic heterocycles. The van der Waals surface area contributed by atoms with Crippen LogP contribution in [-0.4, -0.2) is 43.5 Å². The molecule has 2 aromatic carbocycles. The van der Waals surface area contributed by atoms with Crippen molar-refractivity contribution in [3.05, 3.63) is 59.4 Å². The summed E-state index contributed by atoms with van der Waals surface area (Å²) < 4.78 is 23.9. The normalized spacial score (nSPS) is 11.5. The van der Waals surface area contributed by atoms with Gasteiger partial charge in [-0.05, 0) is 48.7 Å². The van der Waals surface area contributed by atoms with Gasteiger partial charge in [0, 0.05) is 13.1 Å². The fraction of sp³-hybridized carbons (Fsp3) is 0.417. The number of methoxy groups -OCH3 is 2. The molecule has 0 saturated heterocycles. The lowest BCUT2D eigenvalue weighted by atomic mass is 10.1. The van der Waals surface area contributed by atoms with Crippen molar-refractivity contribution >= 4 is 11.8 Å². The topological polar surface area (TPSA) is 67.9 Å². The third-order valence-corrected chi connectivity index (χ3v) is 5.07. The maximum absolute atomic E-state index is 13.3. The SMILES string of the molecule is CCCCNC(=O)[C@@H](C)N(Cc1ccc(F)cc1)C(=O)Cc1ccc(OC)c(OC)c1. The molecule has 0 bridgehead atoms. The van der Waals surface area contributed by atoms with Crippen molar-refractivity contribution in [1.29, 1.82) is 0 Å². The predicted molar refractivity (Wildman–Crippen MR) is 118 cm³/mol. The smallest absolute Gasteiger partial charge is 0.242 e. The Morgan fingerprint density at radius 2 is 1.68 bits per heavy atom. The molecule has 168 valence electrons. The Labute approximate surface area is 183 Å². The van der Waals surface area contributed by atoms with Crippen LogP contribution in [0.4, 0.5) is 4.39 Å². The molecular formula is C24H31FN2O4. The fourth-order valence-corrected chi connectivity index (χ4v) is 3.17. The highest BCUT2D eigenvalue weighted by molar-refractivity contribution is 5.88. The van der Waals surface area contributed by atoms with E-state index in [0.717, 1.165) is 24.0 Å². The molecule has 1 atom stereocenters. The average Bonchev–Trinajstić information content (AvgIpc) is 2.78. The van der Waals surface area contributed by atoms with E-state index in [2.05, 4.69) is 5.32 Å². The van der Waals surface area contributed by atoms with E-state index in [1.165, 1.54) is 24.1 Å². The first kappa shape index (κ1) is 24.2. The lowest BCUT2D eigenvalue weighted by Gasteiger charge is -2.29. The number of benzene rings is 2. The fourth-order valence-electron chi connectivity index (χ4n) is 3.17. The average molecular weight is 431 g/mol. The van der Waals surface area contributed by atoms with Gasteiger partial charge in [-0.1, -0.05) is 31.5 Å². The van der Waals surface area contributed by atoms with Crippen molar-refractivity contribution in [2.45, 2.75) is 45.7 Å². The van der Waals surface area contributed by atoms with Crippen molar-refractivity contribution in [2.75, 3.05) is 20.8 Å². The van der Waals surface area contributed by atoms with E-state index in [1.807, 2.05) is 6.92 Å². The van der Waals surface area contributed by atoms with Crippen LogP contribution in [-0.2, 0) is 22.6 Å². The van der Waals surface area contributed by atoms with Crippen LogP contribution in [0.25, 0.3) is 0 Å².